The Labute approximate surface area is 175 Å². The van der Waals surface area contributed by atoms with E-state index in [1.165, 1.54) is 7.11 Å². The van der Waals surface area contributed by atoms with Gasteiger partial charge in [0, 0.05) is 26.2 Å². The van der Waals surface area contributed by atoms with Crippen LogP contribution in [-0.2, 0) is 4.74 Å². The summed E-state index contributed by atoms with van der Waals surface area (Å²) in [4.78, 5) is 34.9. The summed E-state index contributed by atoms with van der Waals surface area (Å²) in [5.41, 5.74) is 2.60. The molecule has 1 saturated heterocycles. The molecule has 0 amide bonds. The highest BCUT2D eigenvalue weighted by Crippen LogP contribution is 2.22. The molecule has 0 aliphatic carbocycles. The molecule has 0 spiro atoms. The maximum atomic E-state index is 13.5. The fourth-order valence-corrected chi connectivity index (χ4v) is 3.89. The molecule has 0 unspecified atom stereocenters. The SMILES string of the molecule is CCN1CCN(c2nc3cc(C(=O)OC)ccc3c(=O)n2-c2cccc(C)c2)CC1. The molecule has 0 radical (unpaired) electrons. The van der Waals surface area contributed by atoms with Crippen LogP contribution >= 0.6 is 0 Å². The van der Waals surface area contributed by atoms with Crippen molar-refractivity contribution in [2.24, 2.45) is 0 Å². The lowest BCUT2D eigenvalue weighted by Crippen LogP contribution is -2.48. The van der Waals surface area contributed by atoms with E-state index in [4.69, 9.17) is 9.72 Å². The molecule has 0 bridgehead atoms. The molecule has 7 nitrogen and oxygen atoms in total. The maximum absolute atomic E-state index is 13.5. The van der Waals surface area contributed by atoms with Crippen LogP contribution in [0.15, 0.2) is 47.3 Å². The molecule has 1 aliphatic rings. The van der Waals surface area contributed by atoms with E-state index in [1.54, 1.807) is 22.8 Å². The summed E-state index contributed by atoms with van der Waals surface area (Å²) in [7, 11) is 1.34. The number of anilines is 1. The molecule has 1 aromatic heterocycles. The average Bonchev–Trinajstić information content (AvgIpc) is 2.78. The van der Waals surface area contributed by atoms with E-state index in [1.807, 2.05) is 31.2 Å². The smallest absolute Gasteiger partial charge is 0.337 e. The molecule has 0 saturated carbocycles. The van der Waals surface area contributed by atoms with Gasteiger partial charge >= 0.3 is 5.97 Å². The third kappa shape index (κ3) is 3.68. The summed E-state index contributed by atoms with van der Waals surface area (Å²) in [6.45, 7) is 8.57. The van der Waals surface area contributed by atoms with Gasteiger partial charge in [0.1, 0.15) is 0 Å². The van der Waals surface area contributed by atoms with Crippen molar-refractivity contribution in [3.63, 3.8) is 0 Å². The minimum atomic E-state index is -0.445. The zero-order valence-electron chi connectivity index (χ0n) is 17.6. The minimum absolute atomic E-state index is 0.144. The van der Waals surface area contributed by atoms with E-state index >= 15 is 0 Å². The molecule has 1 fully saturated rings. The summed E-state index contributed by atoms with van der Waals surface area (Å²) < 4.78 is 6.52. The Kier molecular flexibility index (Phi) is 5.55. The number of rotatable bonds is 4. The fourth-order valence-electron chi connectivity index (χ4n) is 3.89. The molecule has 156 valence electrons. The first-order valence-electron chi connectivity index (χ1n) is 10.2. The Morgan fingerprint density at radius 2 is 1.87 bits per heavy atom. The molecule has 3 aromatic rings. The Morgan fingerprint density at radius 3 is 2.53 bits per heavy atom. The minimum Gasteiger partial charge on any atom is -0.465 e. The van der Waals surface area contributed by atoms with Crippen molar-refractivity contribution >= 4 is 22.8 Å². The summed E-state index contributed by atoms with van der Waals surface area (Å²) in [6.07, 6.45) is 0. The van der Waals surface area contributed by atoms with Gasteiger partial charge in [0.05, 0.1) is 29.3 Å². The van der Waals surface area contributed by atoms with Crippen molar-refractivity contribution in [1.29, 1.82) is 0 Å². The van der Waals surface area contributed by atoms with Crippen LogP contribution in [-0.4, -0.2) is 60.3 Å². The zero-order valence-corrected chi connectivity index (χ0v) is 17.6. The van der Waals surface area contributed by atoms with Crippen molar-refractivity contribution in [2.45, 2.75) is 13.8 Å². The van der Waals surface area contributed by atoms with Crippen LogP contribution in [0.25, 0.3) is 16.6 Å². The molecule has 0 atom stereocenters. The normalized spacial score (nSPS) is 14.8. The predicted molar refractivity (Wildman–Crippen MR) is 118 cm³/mol. The Balaban J connectivity index is 1.92. The molecule has 0 N–H and O–H groups in total. The molecule has 4 rings (SSSR count). The number of aromatic nitrogens is 2. The van der Waals surface area contributed by atoms with E-state index in [0.29, 0.717) is 22.4 Å². The second-order valence-electron chi connectivity index (χ2n) is 7.54. The first-order chi connectivity index (χ1) is 14.5. The van der Waals surface area contributed by atoms with Crippen molar-refractivity contribution in [3.8, 4) is 5.69 Å². The number of benzene rings is 2. The second kappa shape index (κ2) is 8.28. The first-order valence-corrected chi connectivity index (χ1v) is 10.2. The predicted octanol–water partition coefficient (Wildman–Crippen LogP) is 2.62. The van der Waals surface area contributed by atoms with E-state index in [-0.39, 0.29) is 5.56 Å². The number of piperazine rings is 1. The molecule has 30 heavy (non-hydrogen) atoms. The molecule has 2 heterocycles. The number of esters is 1. The summed E-state index contributed by atoms with van der Waals surface area (Å²) >= 11 is 0. The van der Waals surface area contributed by atoms with Gasteiger partial charge in [0.25, 0.3) is 5.56 Å². The van der Waals surface area contributed by atoms with Crippen LogP contribution in [0.5, 0.6) is 0 Å². The van der Waals surface area contributed by atoms with Crippen molar-refractivity contribution in [3.05, 3.63) is 63.9 Å². The van der Waals surface area contributed by atoms with Crippen LogP contribution in [0.3, 0.4) is 0 Å². The summed E-state index contributed by atoms with van der Waals surface area (Å²) in [5, 5.41) is 0.472. The van der Waals surface area contributed by atoms with E-state index < -0.39 is 5.97 Å². The number of likely N-dealkylation sites (N-methyl/N-ethyl adjacent to an activating group) is 1. The third-order valence-corrected chi connectivity index (χ3v) is 5.63. The molecular formula is C23H26N4O3. The first kappa shape index (κ1) is 20.1. The van der Waals surface area contributed by atoms with Crippen molar-refractivity contribution in [2.75, 3.05) is 44.7 Å². The second-order valence-corrected chi connectivity index (χ2v) is 7.54. The number of carbonyl (C=O) groups is 1. The van der Waals surface area contributed by atoms with Crippen LogP contribution in [0.4, 0.5) is 5.95 Å². The van der Waals surface area contributed by atoms with Gasteiger partial charge in [-0.1, -0.05) is 19.1 Å². The lowest BCUT2D eigenvalue weighted by Gasteiger charge is -2.35. The number of hydrogen-bond donors (Lipinski definition) is 0. The number of fused-ring (bicyclic) bond motifs is 1. The molecular weight excluding hydrogens is 380 g/mol. The third-order valence-electron chi connectivity index (χ3n) is 5.63. The lowest BCUT2D eigenvalue weighted by molar-refractivity contribution is 0.0601. The Bertz CT molecular complexity index is 1150. The Hall–Kier alpha value is -3.19. The quantitative estimate of drug-likeness (QED) is 0.621. The molecule has 7 heteroatoms. The van der Waals surface area contributed by atoms with Crippen molar-refractivity contribution in [1.82, 2.24) is 14.5 Å². The van der Waals surface area contributed by atoms with Gasteiger partial charge in [-0.3, -0.25) is 4.79 Å². The van der Waals surface area contributed by atoms with E-state index in [0.717, 1.165) is 44.0 Å². The van der Waals surface area contributed by atoms with Gasteiger partial charge in [-0.25, -0.2) is 14.3 Å². The number of carbonyl (C=O) groups excluding carboxylic acids is 1. The van der Waals surface area contributed by atoms with Gasteiger partial charge in [-0.15, -0.1) is 0 Å². The zero-order chi connectivity index (χ0) is 21.3. The summed E-state index contributed by atoms with van der Waals surface area (Å²) in [5.74, 6) is 0.163. The monoisotopic (exact) mass is 406 g/mol. The number of aryl methyl sites for hydroxylation is 1. The highest BCUT2D eigenvalue weighted by molar-refractivity contribution is 5.94. The summed E-state index contributed by atoms with van der Waals surface area (Å²) in [6, 6.07) is 12.8. The number of ether oxygens (including phenoxy) is 1. The highest BCUT2D eigenvalue weighted by atomic mass is 16.5. The Morgan fingerprint density at radius 1 is 1.10 bits per heavy atom. The fraction of sp³-hybridized carbons (Fsp3) is 0.348. The van der Waals surface area contributed by atoms with Gasteiger partial charge in [-0.05, 0) is 49.4 Å². The van der Waals surface area contributed by atoms with Gasteiger partial charge in [-0.2, -0.15) is 0 Å². The maximum Gasteiger partial charge on any atom is 0.337 e. The highest BCUT2D eigenvalue weighted by Gasteiger charge is 2.23. The molecule has 1 aliphatic heterocycles. The van der Waals surface area contributed by atoms with Gasteiger partial charge < -0.3 is 14.5 Å². The van der Waals surface area contributed by atoms with Crippen LogP contribution in [0.2, 0.25) is 0 Å². The number of nitrogens with zero attached hydrogens (tertiary/aromatic N) is 4. The van der Waals surface area contributed by atoms with Gasteiger partial charge in [0.2, 0.25) is 5.95 Å². The van der Waals surface area contributed by atoms with Crippen LogP contribution in [0, 0.1) is 6.92 Å². The number of hydrogen-bond acceptors (Lipinski definition) is 6. The van der Waals surface area contributed by atoms with E-state index in [2.05, 4.69) is 16.7 Å². The number of methoxy groups -OCH3 is 1. The topological polar surface area (TPSA) is 67.7 Å². The van der Waals surface area contributed by atoms with Crippen LogP contribution < -0.4 is 10.5 Å². The molecule has 2 aromatic carbocycles. The van der Waals surface area contributed by atoms with E-state index in [9.17, 15) is 9.59 Å². The average molecular weight is 406 g/mol. The largest absolute Gasteiger partial charge is 0.465 e. The lowest BCUT2D eigenvalue weighted by atomic mass is 10.1. The van der Waals surface area contributed by atoms with Crippen LogP contribution in [0.1, 0.15) is 22.8 Å². The van der Waals surface area contributed by atoms with Gasteiger partial charge in [0.15, 0.2) is 0 Å². The van der Waals surface area contributed by atoms with Crippen molar-refractivity contribution < 1.29 is 9.53 Å². The standard InChI is InChI=1S/C23H26N4O3/c1-4-25-10-12-26(13-11-25)23-24-20-15-17(22(29)30-3)8-9-19(20)21(28)27(23)18-7-5-6-16(2)14-18/h5-9,14-15H,4,10-13H2,1-3H3.